The third kappa shape index (κ3) is 2.95. The van der Waals surface area contributed by atoms with E-state index >= 15 is 0 Å². The van der Waals surface area contributed by atoms with Gasteiger partial charge in [0.25, 0.3) is 0 Å². The lowest BCUT2D eigenvalue weighted by Gasteiger charge is -2.45. The lowest BCUT2D eigenvalue weighted by Crippen LogP contribution is -2.59. The fraction of sp³-hybridized carbons (Fsp3) is 0.933. The van der Waals surface area contributed by atoms with Crippen molar-refractivity contribution in [3.63, 3.8) is 0 Å². The largest absolute Gasteiger partial charge is 0.344 e. The molecule has 0 aromatic carbocycles. The summed E-state index contributed by atoms with van der Waals surface area (Å²) in [5.41, 5.74) is 0.108. The van der Waals surface area contributed by atoms with Crippen molar-refractivity contribution in [1.82, 2.24) is 15.1 Å². The van der Waals surface area contributed by atoms with Gasteiger partial charge in [0.05, 0.1) is 0 Å². The Balaban J connectivity index is 2.30. The van der Waals surface area contributed by atoms with Crippen molar-refractivity contribution in [2.24, 2.45) is 0 Å². The summed E-state index contributed by atoms with van der Waals surface area (Å²) in [6.45, 7) is 6.24. The first-order valence-electron chi connectivity index (χ1n) is 7.65. The Labute approximate surface area is 117 Å². The van der Waals surface area contributed by atoms with Gasteiger partial charge in [0, 0.05) is 31.7 Å². The summed E-state index contributed by atoms with van der Waals surface area (Å²) in [7, 11) is 3.89. The average molecular weight is 267 g/mol. The zero-order chi connectivity index (χ0) is 14.0. The normalized spacial score (nSPS) is 29.8. The van der Waals surface area contributed by atoms with E-state index in [1.54, 1.807) is 0 Å². The Hall–Kier alpha value is -0.610. The lowest BCUT2D eigenvalue weighted by atomic mass is 9.93. The highest BCUT2D eigenvalue weighted by Crippen LogP contribution is 2.35. The van der Waals surface area contributed by atoms with Crippen LogP contribution in [-0.2, 0) is 4.79 Å². The molecule has 0 bridgehead atoms. The summed E-state index contributed by atoms with van der Waals surface area (Å²) in [5.74, 6) is 0.284. The van der Waals surface area contributed by atoms with E-state index in [4.69, 9.17) is 0 Å². The van der Waals surface area contributed by atoms with Gasteiger partial charge in [-0.15, -0.1) is 0 Å². The third-order valence-electron chi connectivity index (χ3n) is 4.87. The highest BCUT2D eigenvalue weighted by atomic mass is 16.2. The van der Waals surface area contributed by atoms with Crippen LogP contribution in [0.1, 0.15) is 46.0 Å². The Kier molecular flexibility index (Phi) is 4.51. The van der Waals surface area contributed by atoms with Crippen molar-refractivity contribution in [3.05, 3.63) is 0 Å². The Morgan fingerprint density at radius 3 is 2.53 bits per heavy atom. The van der Waals surface area contributed by atoms with Gasteiger partial charge in [-0.05, 0) is 40.2 Å². The summed E-state index contributed by atoms with van der Waals surface area (Å²) >= 11 is 0. The molecule has 1 unspecified atom stereocenters. The van der Waals surface area contributed by atoms with E-state index in [1.165, 1.54) is 25.7 Å². The predicted molar refractivity (Wildman–Crippen MR) is 78.1 cm³/mol. The van der Waals surface area contributed by atoms with Gasteiger partial charge >= 0.3 is 0 Å². The molecule has 1 atom stereocenters. The molecule has 0 spiro atoms. The molecule has 1 heterocycles. The van der Waals surface area contributed by atoms with Gasteiger partial charge in [0.2, 0.25) is 5.91 Å². The van der Waals surface area contributed by atoms with Crippen LogP contribution in [0, 0.1) is 0 Å². The highest BCUT2D eigenvalue weighted by molar-refractivity contribution is 5.82. The molecule has 1 aliphatic heterocycles. The number of nitrogens with zero attached hydrogens (tertiary/aromatic N) is 2. The van der Waals surface area contributed by atoms with Crippen molar-refractivity contribution >= 4 is 5.91 Å². The fourth-order valence-electron chi connectivity index (χ4n) is 3.79. The number of nitrogens with one attached hydrogen (secondary N) is 1. The molecule has 19 heavy (non-hydrogen) atoms. The average Bonchev–Trinajstić information content (AvgIpc) is 2.85. The van der Waals surface area contributed by atoms with Crippen molar-refractivity contribution < 1.29 is 4.79 Å². The van der Waals surface area contributed by atoms with Gasteiger partial charge in [-0.2, -0.15) is 0 Å². The van der Waals surface area contributed by atoms with Crippen LogP contribution in [0.5, 0.6) is 0 Å². The molecule has 1 aliphatic carbocycles. The van der Waals surface area contributed by atoms with E-state index in [9.17, 15) is 4.79 Å². The Bertz CT molecular complexity index is 323. The number of rotatable bonds is 3. The van der Waals surface area contributed by atoms with E-state index < -0.39 is 0 Å². The SMILES string of the molecule is CNCC1C(=O)N(C)CCC(C)(C)N1C1CCCC1. The van der Waals surface area contributed by atoms with Gasteiger partial charge in [-0.3, -0.25) is 9.69 Å². The van der Waals surface area contributed by atoms with Crippen LogP contribution in [0.25, 0.3) is 0 Å². The topological polar surface area (TPSA) is 35.6 Å². The van der Waals surface area contributed by atoms with Crippen molar-refractivity contribution in [2.75, 3.05) is 27.2 Å². The van der Waals surface area contributed by atoms with Crippen LogP contribution >= 0.6 is 0 Å². The van der Waals surface area contributed by atoms with Crippen molar-refractivity contribution in [3.8, 4) is 0 Å². The first kappa shape index (κ1) is 14.8. The fourth-order valence-corrected chi connectivity index (χ4v) is 3.79. The molecule has 4 heteroatoms. The zero-order valence-electron chi connectivity index (χ0n) is 12.9. The molecular formula is C15H29N3O. The molecule has 2 rings (SSSR count). The minimum atomic E-state index is -0.00407. The van der Waals surface area contributed by atoms with Crippen molar-refractivity contribution in [1.29, 1.82) is 0 Å². The number of likely N-dealkylation sites (N-methyl/N-ethyl adjacent to an activating group) is 2. The van der Waals surface area contributed by atoms with Crippen LogP contribution in [-0.4, -0.2) is 60.5 Å². The molecule has 2 fully saturated rings. The molecule has 0 radical (unpaired) electrons. The highest BCUT2D eigenvalue weighted by Gasteiger charge is 2.44. The van der Waals surface area contributed by atoms with E-state index in [0.717, 1.165) is 19.5 Å². The van der Waals surface area contributed by atoms with Gasteiger partial charge < -0.3 is 10.2 Å². The number of hydrogen-bond acceptors (Lipinski definition) is 3. The summed E-state index contributed by atoms with van der Waals surface area (Å²) in [6.07, 6.45) is 6.19. The van der Waals surface area contributed by atoms with Gasteiger partial charge in [0.15, 0.2) is 0 Å². The standard InChI is InChI=1S/C15H29N3O/c1-15(2)9-10-17(4)14(19)13(11-16-3)18(15)12-7-5-6-8-12/h12-13,16H,5-11H2,1-4H3. The molecule has 1 N–H and O–H groups in total. The quantitative estimate of drug-likeness (QED) is 0.841. The van der Waals surface area contributed by atoms with E-state index in [0.29, 0.717) is 6.04 Å². The van der Waals surface area contributed by atoms with Gasteiger partial charge in [0.1, 0.15) is 6.04 Å². The summed E-state index contributed by atoms with van der Waals surface area (Å²) in [4.78, 5) is 17.1. The van der Waals surface area contributed by atoms with Crippen LogP contribution in [0.2, 0.25) is 0 Å². The first-order valence-corrected chi connectivity index (χ1v) is 7.65. The van der Waals surface area contributed by atoms with E-state index in [2.05, 4.69) is 24.1 Å². The number of carbonyl (C=O) groups excluding carboxylic acids is 1. The first-order chi connectivity index (χ1) is 8.97. The number of hydrogen-bond donors (Lipinski definition) is 1. The lowest BCUT2D eigenvalue weighted by molar-refractivity contribution is -0.136. The molecule has 1 amide bonds. The predicted octanol–water partition coefficient (Wildman–Crippen LogP) is 1.46. The molecule has 1 saturated carbocycles. The second-order valence-corrected chi connectivity index (χ2v) is 6.74. The van der Waals surface area contributed by atoms with E-state index in [1.807, 2.05) is 19.0 Å². The minimum Gasteiger partial charge on any atom is -0.344 e. The van der Waals surface area contributed by atoms with Crippen LogP contribution < -0.4 is 5.32 Å². The molecule has 0 aromatic heterocycles. The second-order valence-electron chi connectivity index (χ2n) is 6.74. The van der Waals surface area contributed by atoms with Gasteiger partial charge in [-0.25, -0.2) is 0 Å². The Morgan fingerprint density at radius 2 is 1.95 bits per heavy atom. The summed E-state index contributed by atoms with van der Waals surface area (Å²) < 4.78 is 0. The van der Waals surface area contributed by atoms with Crippen LogP contribution in [0.15, 0.2) is 0 Å². The smallest absolute Gasteiger partial charge is 0.241 e. The molecule has 110 valence electrons. The number of carbonyl (C=O) groups is 1. The van der Waals surface area contributed by atoms with Crippen LogP contribution in [0.3, 0.4) is 0 Å². The van der Waals surface area contributed by atoms with Gasteiger partial charge in [-0.1, -0.05) is 12.8 Å². The number of amides is 1. The third-order valence-corrected chi connectivity index (χ3v) is 4.87. The molecule has 1 saturated heterocycles. The zero-order valence-corrected chi connectivity index (χ0v) is 12.9. The monoisotopic (exact) mass is 267 g/mol. The molecule has 2 aliphatic rings. The maximum Gasteiger partial charge on any atom is 0.241 e. The second kappa shape index (κ2) is 5.80. The Morgan fingerprint density at radius 1 is 1.32 bits per heavy atom. The van der Waals surface area contributed by atoms with Crippen LogP contribution in [0.4, 0.5) is 0 Å². The maximum absolute atomic E-state index is 12.6. The maximum atomic E-state index is 12.6. The molecular weight excluding hydrogens is 238 g/mol. The molecule has 0 aromatic rings. The summed E-state index contributed by atoms with van der Waals surface area (Å²) in [6, 6.07) is 0.583. The molecule has 4 nitrogen and oxygen atoms in total. The van der Waals surface area contributed by atoms with E-state index in [-0.39, 0.29) is 17.5 Å². The minimum absolute atomic E-state index is 0.00407. The summed E-state index contributed by atoms with van der Waals surface area (Å²) in [5, 5.41) is 3.22. The van der Waals surface area contributed by atoms with Crippen molar-refractivity contribution in [2.45, 2.75) is 63.6 Å².